The fraction of sp³-hybridized carbons (Fsp3) is 0.250. The summed E-state index contributed by atoms with van der Waals surface area (Å²) in [7, 11) is 0. The minimum absolute atomic E-state index is 0.157. The van der Waals surface area contributed by atoms with Crippen molar-refractivity contribution in [3.05, 3.63) is 48.3 Å². The average molecular weight is 232 g/mol. The molecule has 0 saturated heterocycles. The Morgan fingerprint density at radius 2 is 2.06 bits per heavy atom. The Balaban J connectivity index is 1.93. The molecular formula is C12H13FN4. The fourth-order valence-electron chi connectivity index (χ4n) is 1.53. The third-order valence-corrected chi connectivity index (χ3v) is 2.26. The summed E-state index contributed by atoms with van der Waals surface area (Å²) in [5, 5.41) is 3.10. The highest BCUT2D eigenvalue weighted by Crippen LogP contribution is 2.06. The first kappa shape index (κ1) is 11.4. The van der Waals surface area contributed by atoms with Crippen molar-refractivity contribution in [2.45, 2.75) is 19.4 Å². The lowest BCUT2D eigenvalue weighted by Gasteiger charge is -2.13. The van der Waals surface area contributed by atoms with Crippen LogP contribution in [0.25, 0.3) is 0 Å². The van der Waals surface area contributed by atoms with E-state index in [1.807, 2.05) is 25.3 Å². The van der Waals surface area contributed by atoms with Crippen LogP contribution in [0.3, 0.4) is 0 Å². The van der Waals surface area contributed by atoms with Crippen LogP contribution in [-0.2, 0) is 6.42 Å². The van der Waals surface area contributed by atoms with Crippen LogP contribution in [0.2, 0.25) is 0 Å². The van der Waals surface area contributed by atoms with Crippen molar-refractivity contribution in [2.75, 3.05) is 5.32 Å². The highest BCUT2D eigenvalue weighted by Gasteiger charge is 2.05. The molecule has 5 heteroatoms. The van der Waals surface area contributed by atoms with E-state index in [1.165, 1.54) is 0 Å². The van der Waals surface area contributed by atoms with Crippen LogP contribution in [0.15, 0.2) is 36.9 Å². The number of hydrogen-bond acceptors (Lipinski definition) is 4. The van der Waals surface area contributed by atoms with Gasteiger partial charge in [0.05, 0.1) is 12.4 Å². The van der Waals surface area contributed by atoms with Gasteiger partial charge < -0.3 is 5.32 Å². The first-order valence-electron chi connectivity index (χ1n) is 5.37. The van der Waals surface area contributed by atoms with Crippen LogP contribution < -0.4 is 5.32 Å². The molecule has 4 nitrogen and oxygen atoms in total. The summed E-state index contributed by atoms with van der Waals surface area (Å²) in [6, 6.07) is 4.07. The van der Waals surface area contributed by atoms with E-state index in [2.05, 4.69) is 20.3 Å². The summed E-state index contributed by atoms with van der Waals surface area (Å²) in [5.41, 5.74) is 1.13. The van der Waals surface area contributed by atoms with E-state index in [9.17, 15) is 4.39 Å². The summed E-state index contributed by atoms with van der Waals surface area (Å²) in [5.74, 6) is -0.00162. The van der Waals surface area contributed by atoms with E-state index >= 15 is 0 Å². The number of nitrogens with one attached hydrogen (secondary N) is 1. The maximum absolute atomic E-state index is 12.6. The molecule has 0 fully saturated rings. The quantitative estimate of drug-likeness (QED) is 0.876. The Kier molecular flexibility index (Phi) is 3.59. The Morgan fingerprint density at radius 3 is 2.71 bits per heavy atom. The summed E-state index contributed by atoms with van der Waals surface area (Å²) in [6.07, 6.45) is 6.67. The molecule has 0 aliphatic carbocycles. The molecule has 0 amide bonds. The number of aromatic nitrogens is 3. The largest absolute Gasteiger partial charge is 0.351 e. The van der Waals surface area contributed by atoms with E-state index in [-0.39, 0.29) is 6.04 Å². The molecule has 17 heavy (non-hydrogen) atoms. The van der Waals surface area contributed by atoms with Crippen LogP contribution in [0, 0.1) is 5.82 Å². The lowest BCUT2D eigenvalue weighted by molar-refractivity contribution is 0.613. The van der Waals surface area contributed by atoms with Gasteiger partial charge in [-0.1, -0.05) is 6.07 Å². The highest BCUT2D eigenvalue weighted by atomic mass is 19.1. The first-order chi connectivity index (χ1) is 8.24. The number of halogens is 1. The van der Waals surface area contributed by atoms with E-state index in [1.54, 1.807) is 6.20 Å². The van der Waals surface area contributed by atoms with Gasteiger partial charge in [-0.2, -0.15) is 0 Å². The molecule has 2 rings (SSSR count). The van der Waals surface area contributed by atoms with Gasteiger partial charge in [-0.05, 0) is 25.0 Å². The van der Waals surface area contributed by atoms with Gasteiger partial charge in [-0.3, -0.25) is 4.98 Å². The minimum Gasteiger partial charge on any atom is -0.351 e. The molecule has 88 valence electrons. The van der Waals surface area contributed by atoms with E-state index in [4.69, 9.17) is 0 Å². The van der Waals surface area contributed by atoms with Crippen LogP contribution in [0.5, 0.6) is 0 Å². The summed E-state index contributed by atoms with van der Waals surface area (Å²) >= 11 is 0. The van der Waals surface area contributed by atoms with Crippen molar-refractivity contribution < 1.29 is 4.39 Å². The predicted octanol–water partition coefficient (Wildman–Crippen LogP) is 2.05. The standard InChI is InChI=1S/C12H13FN4/c1-9(5-10-3-2-4-14-6-10)17-12-15-7-11(13)8-16-12/h2-4,6-9H,5H2,1H3,(H,15,16,17). The lowest BCUT2D eigenvalue weighted by atomic mass is 10.1. The normalized spacial score (nSPS) is 12.1. The SMILES string of the molecule is CC(Cc1cccnc1)Nc1ncc(F)cn1. The Labute approximate surface area is 99.0 Å². The van der Waals surface area contributed by atoms with E-state index < -0.39 is 5.82 Å². The average Bonchev–Trinajstić information content (AvgIpc) is 2.33. The van der Waals surface area contributed by atoms with Gasteiger partial charge in [0.2, 0.25) is 5.95 Å². The van der Waals surface area contributed by atoms with E-state index in [0.29, 0.717) is 5.95 Å². The molecule has 1 unspecified atom stereocenters. The molecule has 2 aromatic heterocycles. The lowest BCUT2D eigenvalue weighted by Crippen LogP contribution is -2.19. The molecule has 0 spiro atoms. The zero-order valence-electron chi connectivity index (χ0n) is 9.47. The Bertz CT molecular complexity index is 458. The molecule has 0 radical (unpaired) electrons. The zero-order valence-corrected chi connectivity index (χ0v) is 9.47. The van der Waals surface area contributed by atoms with Crippen LogP contribution >= 0.6 is 0 Å². The third-order valence-electron chi connectivity index (χ3n) is 2.26. The smallest absolute Gasteiger partial charge is 0.222 e. The van der Waals surface area contributed by atoms with Gasteiger partial charge >= 0.3 is 0 Å². The molecule has 0 bridgehead atoms. The minimum atomic E-state index is -0.435. The molecule has 0 aromatic carbocycles. The second-order valence-corrected chi connectivity index (χ2v) is 3.84. The topological polar surface area (TPSA) is 50.7 Å². The number of rotatable bonds is 4. The van der Waals surface area contributed by atoms with Crippen LogP contribution in [-0.4, -0.2) is 21.0 Å². The van der Waals surface area contributed by atoms with Gasteiger partial charge in [0.15, 0.2) is 5.82 Å². The van der Waals surface area contributed by atoms with Gasteiger partial charge in [0.1, 0.15) is 0 Å². The second kappa shape index (κ2) is 5.34. The third kappa shape index (κ3) is 3.48. The molecule has 1 N–H and O–H groups in total. The van der Waals surface area contributed by atoms with Gasteiger partial charge in [-0.25, -0.2) is 14.4 Å². The van der Waals surface area contributed by atoms with Crippen molar-refractivity contribution >= 4 is 5.95 Å². The van der Waals surface area contributed by atoms with Gasteiger partial charge in [-0.15, -0.1) is 0 Å². The predicted molar refractivity (Wildman–Crippen MR) is 63.0 cm³/mol. The monoisotopic (exact) mass is 232 g/mol. The number of pyridine rings is 1. The Morgan fingerprint density at radius 1 is 1.29 bits per heavy atom. The first-order valence-corrected chi connectivity index (χ1v) is 5.37. The second-order valence-electron chi connectivity index (χ2n) is 3.84. The molecular weight excluding hydrogens is 219 g/mol. The number of nitrogens with zero attached hydrogens (tertiary/aromatic N) is 3. The van der Waals surface area contributed by atoms with Crippen molar-refractivity contribution in [3.63, 3.8) is 0 Å². The van der Waals surface area contributed by atoms with Crippen LogP contribution in [0.1, 0.15) is 12.5 Å². The van der Waals surface area contributed by atoms with Crippen molar-refractivity contribution in [1.82, 2.24) is 15.0 Å². The molecule has 0 aliphatic heterocycles. The van der Waals surface area contributed by atoms with Crippen molar-refractivity contribution in [1.29, 1.82) is 0 Å². The highest BCUT2D eigenvalue weighted by molar-refractivity contribution is 5.25. The zero-order chi connectivity index (χ0) is 12.1. The maximum atomic E-state index is 12.6. The Hall–Kier alpha value is -2.04. The van der Waals surface area contributed by atoms with Gasteiger partial charge in [0.25, 0.3) is 0 Å². The molecule has 0 saturated carbocycles. The van der Waals surface area contributed by atoms with Crippen molar-refractivity contribution in [3.8, 4) is 0 Å². The maximum Gasteiger partial charge on any atom is 0.222 e. The molecule has 0 aliphatic rings. The summed E-state index contributed by atoms with van der Waals surface area (Å²) in [4.78, 5) is 11.7. The fourth-order valence-corrected chi connectivity index (χ4v) is 1.53. The molecule has 1 atom stereocenters. The van der Waals surface area contributed by atoms with Crippen molar-refractivity contribution in [2.24, 2.45) is 0 Å². The molecule has 2 heterocycles. The van der Waals surface area contributed by atoms with E-state index in [0.717, 1.165) is 24.4 Å². The van der Waals surface area contributed by atoms with Gasteiger partial charge in [0, 0.05) is 18.4 Å². The number of hydrogen-bond donors (Lipinski definition) is 1. The molecule has 2 aromatic rings. The summed E-state index contributed by atoms with van der Waals surface area (Å²) in [6.45, 7) is 2.01. The number of anilines is 1. The van der Waals surface area contributed by atoms with Crippen LogP contribution in [0.4, 0.5) is 10.3 Å². The summed E-state index contributed by atoms with van der Waals surface area (Å²) < 4.78 is 12.6.